The maximum atomic E-state index is 10.3. The second-order valence-corrected chi connectivity index (χ2v) is 2.24. The molecule has 0 spiro atoms. The van der Waals surface area contributed by atoms with Crippen molar-refractivity contribution in [2.75, 3.05) is 0 Å². The van der Waals surface area contributed by atoms with Gasteiger partial charge in [-0.05, 0) is 0 Å². The van der Waals surface area contributed by atoms with Gasteiger partial charge in [0.05, 0.1) is 4.92 Å². The lowest BCUT2D eigenvalue weighted by Crippen LogP contribution is -1.92. The zero-order valence-corrected chi connectivity index (χ0v) is 6.45. The Morgan fingerprint density at radius 1 is 1.75 bits per heavy atom. The third-order valence-corrected chi connectivity index (χ3v) is 1.54. The Bertz CT molecular complexity index is 372. The Hall–Kier alpha value is -1.67. The lowest BCUT2D eigenvalue weighted by atomic mass is 10.3. The molecule has 1 aromatic rings. The van der Waals surface area contributed by atoms with Gasteiger partial charge >= 0.3 is 0 Å². The highest BCUT2D eigenvalue weighted by Gasteiger charge is 2.15. The lowest BCUT2D eigenvalue weighted by Gasteiger charge is -1.94. The molecule has 6 heteroatoms. The number of nitro groups is 1. The van der Waals surface area contributed by atoms with E-state index in [2.05, 4.69) is 4.98 Å². The van der Waals surface area contributed by atoms with E-state index in [1.807, 2.05) is 0 Å². The molecule has 0 bridgehead atoms. The van der Waals surface area contributed by atoms with Crippen LogP contribution in [0.3, 0.4) is 0 Å². The van der Waals surface area contributed by atoms with Crippen molar-refractivity contribution in [1.29, 1.82) is 5.26 Å². The van der Waals surface area contributed by atoms with E-state index in [0.717, 1.165) is 6.07 Å². The van der Waals surface area contributed by atoms with Crippen LogP contribution in [0.5, 0.6) is 0 Å². The maximum absolute atomic E-state index is 10.3. The van der Waals surface area contributed by atoms with Crippen molar-refractivity contribution in [2.24, 2.45) is 0 Å². The van der Waals surface area contributed by atoms with Crippen LogP contribution in [-0.4, -0.2) is 9.91 Å². The average molecular weight is 184 g/mol. The number of hydrogen-bond acceptors (Lipinski definition) is 4. The molecule has 0 fully saturated rings. The molecule has 60 valence electrons. The van der Waals surface area contributed by atoms with Crippen molar-refractivity contribution >= 4 is 17.3 Å². The van der Waals surface area contributed by atoms with Crippen molar-refractivity contribution in [1.82, 2.24) is 4.98 Å². The van der Waals surface area contributed by atoms with Gasteiger partial charge in [0.25, 0.3) is 5.69 Å². The first-order valence-electron chi connectivity index (χ1n) is 2.86. The van der Waals surface area contributed by atoms with Crippen LogP contribution in [0.15, 0.2) is 12.3 Å². The van der Waals surface area contributed by atoms with Gasteiger partial charge in [-0.15, -0.1) is 0 Å². The first kappa shape index (κ1) is 8.43. The van der Waals surface area contributed by atoms with Crippen molar-refractivity contribution in [2.45, 2.75) is 0 Å². The molecule has 0 aliphatic carbocycles. The van der Waals surface area contributed by atoms with Crippen LogP contribution in [0.1, 0.15) is 5.69 Å². The highest BCUT2D eigenvalue weighted by Crippen LogP contribution is 2.24. The molecule has 1 rings (SSSR count). The number of halogens is 1. The second kappa shape index (κ2) is 3.15. The molecule has 0 aliphatic heterocycles. The van der Waals surface area contributed by atoms with Gasteiger partial charge in [-0.2, -0.15) is 5.26 Å². The van der Waals surface area contributed by atoms with Gasteiger partial charge in [0.15, 0.2) is 10.7 Å². The van der Waals surface area contributed by atoms with Crippen LogP contribution in [0, 0.1) is 21.4 Å². The zero-order valence-electron chi connectivity index (χ0n) is 5.69. The van der Waals surface area contributed by atoms with Gasteiger partial charge in [-0.1, -0.05) is 11.6 Å². The van der Waals surface area contributed by atoms with E-state index in [0.29, 0.717) is 0 Å². The molecule has 0 amide bonds. The van der Waals surface area contributed by atoms with Crippen molar-refractivity contribution < 1.29 is 4.92 Å². The number of nitrogens with zero attached hydrogens (tertiary/aromatic N) is 3. The minimum atomic E-state index is -0.662. The normalized spacial score (nSPS) is 9.00. The van der Waals surface area contributed by atoms with E-state index in [9.17, 15) is 10.1 Å². The van der Waals surface area contributed by atoms with Gasteiger partial charge in [0.1, 0.15) is 6.07 Å². The highest BCUT2D eigenvalue weighted by atomic mass is 35.5. The topological polar surface area (TPSA) is 79.8 Å². The molecular formula is C6H2ClN3O2. The van der Waals surface area contributed by atoms with E-state index >= 15 is 0 Å². The monoisotopic (exact) mass is 183 g/mol. The molecule has 0 saturated heterocycles. The Morgan fingerprint density at radius 3 is 2.92 bits per heavy atom. The van der Waals surface area contributed by atoms with Crippen LogP contribution in [0.4, 0.5) is 5.69 Å². The van der Waals surface area contributed by atoms with Crippen molar-refractivity contribution in [3.05, 3.63) is 33.1 Å². The van der Waals surface area contributed by atoms with E-state index < -0.39 is 4.92 Å². The molecule has 0 radical (unpaired) electrons. The van der Waals surface area contributed by atoms with Crippen LogP contribution in [-0.2, 0) is 0 Å². The SMILES string of the molecule is N#Cc1nccc([N+](=O)[O-])c1Cl. The molecule has 0 aliphatic rings. The molecule has 0 aromatic carbocycles. The molecule has 1 aromatic heterocycles. The number of aromatic nitrogens is 1. The summed E-state index contributed by atoms with van der Waals surface area (Å²) >= 11 is 5.48. The summed E-state index contributed by atoms with van der Waals surface area (Å²) in [6, 6.07) is 2.79. The van der Waals surface area contributed by atoms with E-state index in [1.165, 1.54) is 6.20 Å². The summed E-state index contributed by atoms with van der Waals surface area (Å²) in [5, 5.41) is 18.5. The number of rotatable bonds is 1. The van der Waals surface area contributed by atoms with E-state index in [-0.39, 0.29) is 16.4 Å². The largest absolute Gasteiger partial charge is 0.292 e. The van der Waals surface area contributed by atoms with Gasteiger partial charge < -0.3 is 0 Å². The zero-order chi connectivity index (χ0) is 9.14. The standard InChI is InChI=1S/C6H2ClN3O2/c7-6-4(3-8)9-2-1-5(6)10(11)12/h1-2H. The maximum Gasteiger partial charge on any atom is 0.292 e. The molecule has 0 saturated carbocycles. The second-order valence-electron chi connectivity index (χ2n) is 1.86. The van der Waals surface area contributed by atoms with E-state index in [4.69, 9.17) is 16.9 Å². The molecule has 1 heterocycles. The summed E-state index contributed by atoms with van der Waals surface area (Å²) in [5.74, 6) is 0. The molecule has 5 nitrogen and oxygen atoms in total. The third-order valence-electron chi connectivity index (χ3n) is 1.17. The van der Waals surface area contributed by atoms with Gasteiger partial charge in [0, 0.05) is 12.3 Å². The molecule has 0 N–H and O–H groups in total. The summed E-state index contributed by atoms with van der Waals surface area (Å²) < 4.78 is 0. The first-order valence-corrected chi connectivity index (χ1v) is 3.23. The summed E-state index contributed by atoms with van der Waals surface area (Å²) in [4.78, 5) is 13.2. The summed E-state index contributed by atoms with van der Waals surface area (Å²) in [6.45, 7) is 0. The van der Waals surface area contributed by atoms with Crippen LogP contribution >= 0.6 is 11.6 Å². The lowest BCUT2D eigenvalue weighted by molar-refractivity contribution is -0.384. The Morgan fingerprint density at radius 2 is 2.42 bits per heavy atom. The fourth-order valence-electron chi connectivity index (χ4n) is 0.653. The fraction of sp³-hybridized carbons (Fsp3) is 0. The van der Waals surface area contributed by atoms with Gasteiger partial charge in [-0.3, -0.25) is 10.1 Å². The van der Waals surface area contributed by atoms with Gasteiger partial charge in [0.2, 0.25) is 0 Å². The smallest absolute Gasteiger partial charge is 0.258 e. The van der Waals surface area contributed by atoms with Crippen molar-refractivity contribution in [3.8, 4) is 6.07 Å². The summed E-state index contributed by atoms with van der Waals surface area (Å²) in [7, 11) is 0. The summed E-state index contributed by atoms with van der Waals surface area (Å²) in [5.41, 5.74) is -0.436. The molecule has 12 heavy (non-hydrogen) atoms. The Labute approximate surface area is 72.4 Å². The minimum absolute atomic E-state index is 0.133. The third kappa shape index (κ3) is 1.33. The average Bonchev–Trinajstić information content (AvgIpc) is 2.04. The van der Waals surface area contributed by atoms with E-state index in [1.54, 1.807) is 6.07 Å². The molecule has 0 atom stereocenters. The molecule has 0 unspecified atom stereocenters. The predicted octanol–water partition coefficient (Wildman–Crippen LogP) is 1.51. The number of hydrogen-bond donors (Lipinski definition) is 0. The predicted molar refractivity (Wildman–Crippen MR) is 40.6 cm³/mol. The van der Waals surface area contributed by atoms with Crippen LogP contribution in [0.2, 0.25) is 5.02 Å². The number of nitriles is 1. The molecular weight excluding hydrogens is 182 g/mol. The fourth-order valence-corrected chi connectivity index (χ4v) is 0.876. The summed E-state index contributed by atoms with van der Waals surface area (Å²) in [6.07, 6.45) is 1.17. The van der Waals surface area contributed by atoms with Gasteiger partial charge in [-0.25, -0.2) is 4.98 Å². The first-order chi connectivity index (χ1) is 5.66. The van der Waals surface area contributed by atoms with Crippen molar-refractivity contribution in [3.63, 3.8) is 0 Å². The minimum Gasteiger partial charge on any atom is -0.258 e. The quantitative estimate of drug-likeness (QED) is 0.488. The van der Waals surface area contributed by atoms with Crippen LogP contribution < -0.4 is 0 Å². The Kier molecular flexibility index (Phi) is 2.21. The highest BCUT2D eigenvalue weighted by molar-refractivity contribution is 6.33. The Balaban J connectivity index is 3.35. The van der Waals surface area contributed by atoms with Crippen LogP contribution in [0.25, 0.3) is 0 Å². The number of pyridine rings is 1.